The third-order valence-electron chi connectivity index (χ3n) is 2.61. The van der Waals surface area contributed by atoms with E-state index in [-0.39, 0.29) is 0 Å². The fourth-order valence-corrected chi connectivity index (χ4v) is 1.98. The van der Waals surface area contributed by atoms with Crippen molar-refractivity contribution in [2.45, 2.75) is 27.2 Å². The molecule has 0 spiro atoms. The van der Waals surface area contributed by atoms with Crippen molar-refractivity contribution in [1.82, 2.24) is 0 Å². The van der Waals surface area contributed by atoms with Crippen LogP contribution >= 0.6 is 0 Å². The highest BCUT2D eigenvalue weighted by molar-refractivity contribution is 5.49. The average molecular weight is 190 g/mol. The molecule has 1 heteroatoms. The summed E-state index contributed by atoms with van der Waals surface area (Å²) in [6, 6.07) is 2.17. The van der Waals surface area contributed by atoms with Crippen molar-refractivity contribution in [3.63, 3.8) is 0 Å². The van der Waals surface area contributed by atoms with Gasteiger partial charge in [-0.1, -0.05) is 12.1 Å². The van der Waals surface area contributed by atoms with Gasteiger partial charge in [0.2, 0.25) is 0 Å². The Labute approximate surface area is 86.4 Å². The van der Waals surface area contributed by atoms with Crippen LogP contribution in [0.2, 0.25) is 0 Å². The Hall–Kier alpha value is -1.24. The molecule has 1 nitrogen and oxygen atoms in total. The molecule has 0 aromatic heterocycles. The monoisotopic (exact) mass is 190 g/mol. The molecule has 1 rings (SSSR count). The molecule has 0 fully saturated rings. The maximum atomic E-state index is 5.38. The summed E-state index contributed by atoms with van der Waals surface area (Å²) in [7, 11) is 1.72. The zero-order valence-electron chi connectivity index (χ0n) is 9.48. The van der Waals surface area contributed by atoms with Gasteiger partial charge in [-0.2, -0.15) is 0 Å². The predicted octanol–water partition coefficient (Wildman–Crippen LogP) is 3.35. The lowest BCUT2D eigenvalue weighted by Crippen LogP contribution is -1.98. The third kappa shape index (κ3) is 1.82. The molecule has 0 radical (unpaired) electrons. The number of hydrogen-bond donors (Lipinski definition) is 0. The Bertz CT molecular complexity index is 351. The first-order valence-corrected chi connectivity index (χ1v) is 4.86. The summed E-state index contributed by atoms with van der Waals surface area (Å²) in [5, 5.41) is 0. The van der Waals surface area contributed by atoms with E-state index in [9.17, 15) is 0 Å². The van der Waals surface area contributed by atoms with Crippen molar-refractivity contribution in [3.05, 3.63) is 41.0 Å². The normalized spacial score (nSPS) is 10.0. The first-order chi connectivity index (χ1) is 6.61. The minimum atomic E-state index is 0.911. The van der Waals surface area contributed by atoms with Crippen LogP contribution in [-0.4, -0.2) is 7.11 Å². The predicted molar refractivity (Wildman–Crippen MR) is 61.1 cm³/mol. The second-order valence-electron chi connectivity index (χ2n) is 3.64. The molecular formula is C13H18O. The topological polar surface area (TPSA) is 9.23 Å². The highest BCUT2D eigenvalue weighted by Crippen LogP contribution is 2.29. The lowest BCUT2D eigenvalue weighted by Gasteiger charge is -2.15. The van der Waals surface area contributed by atoms with Gasteiger partial charge >= 0.3 is 0 Å². The third-order valence-corrected chi connectivity index (χ3v) is 2.61. The lowest BCUT2D eigenvalue weighted by atomic mass is 9.96. The van der Waals surface area contributed by atoms with E-state index in [1.807, 2.05) is 6.08 Å². The number of benzene rings is 1. The van der Waals surface area contributed by atoms with Crippen molar-refractivity contribution in [2.24, 2.45) is 0 Å². The molecular weight excluding hydrogens is 172 g/mol. The Morgan fingerprint density at radius 1 is 1.29 bits per heavy atom. The molecule has 1 aromatic rings. The molecule has 76 valence electrons. The standard InChI is InChI=1S/C13H18O/c1-6-7-12-9(2)8-10(3)13(14-5)11(12)4/h6,8H,1,7H2,2-5H3. The Kier molecular flexibility index (Phi) is 3.34. The van der Waals surface area contributed by atoms with Gasteiger partial charge in [-0.3, -0.25) is 0 Å². The first kappa shape index (κ1) is 10.8. The Morgan fingerprint density at radius 3 is 2.43 bits per heavy atom. The first-order valence-electron chi connectivity index (χ1n) is 4.86. The fraction of sp³-hybridized carbons (Fsp3) is 0.385. The van der Waals surface area contributed by atoms with Crippen LogP contribution in [0.5, 0.6) is 5.75 Å². The second-order valence-corrected chi connectivity index (χ2v) is 3.64. The maximum absolute atomic E-state index is 5.38. The number of allylic oxidation sites excluding steroid dienone is 1. The van der Waals surface area contributed by atoms with Gasteiger partial charge in [0, 0.05) is 0 Å². The molecule has 0 unspecified atom stereocenters. The average Bonchev–Trinajstić information content (AvgIpc) is 2.12. The summed E-state index contributed by atoms with van der Waals surface area (Å²) in [5.41, 5.74) is 5.10. The van der Waals surface area contributed by atoms with Crippen LogP contribution in [0.1, 0.15) is 22.3 Å². The smallest absolute Gasteiger partial charge is 0.124 e. The summed E-state index contributed by atoms with van der Waals surface area (Å²) < 4.78 is 5.38. The quantitative estimate of drug-likeness (QED) is 0.664. The van der Waals surface area contributed by atoms with Crippen LogP contribution in [0, 0.1) is 20.8 Å². The van der Waals surface area contributed by atoms with Crippen LogP contribution in [0.25, 0.3) is 0 Å². The van der Waals surface area contributed by atoms with Crippen LogP contribution in [0.3, 0.4) is 0 Å². The van der Waals surface area contributed by atoms with E-state index in [0.29, 0.717) is 0 Å². The Balaban J connectivity index is 3.35. The SMILES string of the molecule is C=CCc1c(C)cc(C)c(OC)c1C. The highest BCUT2D eigenvalue weighted by Gasteiger charge is 2.09. The molecule has 0 amide bonds. The van der Waals surface area contributed by atoms with E-state index in [2.05, 4.69) is 33.4 Å². The lowest BCUT2D eigenvalue weighted by molar-refractivity contribution is 0.408. The van der Waals surface area contributed by atoms with Crippen molar-refractivity contribution < 1.29 is 4.74 Å². The van der Waals surface area contributed by atoms with Gasteiger partial charge in [0.25, 0.3) is 0 Å². The number of hydrogen-bond acceptors (Lipinski definition) is 1. The van der Waals surface area contributed by atoms with E-state index in [4.69, 9.17) is 4.74 Å². The van der Waals surface area contributed by atoms with E-state index in [1.165, 1.54) is 22.3 Å². The van der Waals surface area contributed by atoms with Crippen LogP contribution in [0.4, 0.5) is 0 Å². The van der Waals surface area contributed by atoms with E-state index >= 15 is 0 Å². The van der Waals surface area contributed by atoms with Crippen LogP contribution in [0.15, 0.2) is 18.7 Å². The van der Waals surface area contributed by atoms with Crippen LogP contribution < -0.4 is 4.74 Å². The molecule has 0 saturated heterocycles. The van der Waals surface area contributed by atoms with Crippen molar-refractivity contribution in [3.8, 4) is 5.75 Å². The van der Waals surface area contributed by atoms with Crippen LogP contribution in [-0.2, 0) is 6.42 Å². The van der Waals surface area contributed by atoms with E-state index < -0.39 is 0 Å². The van der Waals surface area contributed by atoms with Crippen molar-refractivity contribution >= 4 is 0 Å². The molecule has 0 heterocycles. The molecule has 0 N–H and O–H groups in total. The van der Waals surface area contributed by atoms with Gasteiger partial charge in [0.05, 0.1) is 7.11 Å². The minimum Gasteiger partial charge on any atom is -0.496 e. The van der Waals surface area contributed by atoms with Gasteiger partial charge in [-0.25, -0.2) is 0 Å². The minimum absolute atomic E-state index is 0.911. The fourth-order valence-electron chi connectivity index (χ4n) is 1.98. The van der Waals surface area contributed by atoms with Gasteiger partial charge in [-0.15, -0.1) is 6.58 Å². The van der Waals surface area contributed by atoms with Gasteiger partial charge < -0.3 is 4.74 Å². The number of rotatable bonds is 3. The van der Waals surface area contributed by atoms with Gasteiger partial charge in [0.1, 0.15) is 5.75 Å². The Morgan fingerprint density at radius 2 is 1.93 bits per heavy atom. The molecule has 0 bridgehead atoms. The summed E-state index contributed by atoms with van der Waals surface area (Å²) in [6.07, 6.45) is 2.85. The molecule has 1 aromatic carbocycles. The largest absolute Gasteiger partial charge is 0.496 e. The summed E-state index contributed by atoms with van der Waals surface area (Å²) in [4.78, 5) is 0. The maximum Gasteiger partial charge on any atom is 0.124 e. The number of ether oxygens (including phenoxy) is 1. The molecule has 0 atom stereocenters. The number of aryl methyl sites for hydroxylation is 2. The molecule has 0 aliphatic carbocycles. The summed E-state index contributed by atoms with van der Waals surface area (Å²) >= 11 is 0. The molecule has 0 aliphatic rings. The molecule has 0 saturated carbocycles. The zero-order chi connectivity index (χ0) is 10.7. The summed E-state index contributed by atoms with van der Waals surface area (Å²) in [6.45, 7) is 10.1. The highest BCUT2D eigenvalue weighted by atomic mass is 16.5. The van der Waals surface area contributed by atoms with Crippen molar-refractivity contribution in [1.29, 1.82) is 0 Å². The molecule has 0 aliphatic heterocycles. The molecule has 14 heavy (non-hydrogen) atoms. The zero-order valence-corrected chi connectivity index (χ0v) is 9.48. The van der Waals surface area contributed by atoms with Gasteiger partial charge in [-0.05, 0) is 49.4 Å². The number of methoxy groups -OCH3 is 1. The van der Waals surface area contributed by atoms with Gasteiger partial charge in [0.15, 0.2) is 0 Å². The van der Waals surface area contributed by atoms with E-state index in [1.54, 1.807) is 7.11 Å². The second kappa shape index (κ2) is 4.32. The van der Waals surface area contributed by atoms with E-state index in [0.717, 1.165) is 12.2 Å². The summed E-state index contributed by atoms with van der Waals surface area (Å²) in [5.74, 6) is 1.01. The van der Waals surface area contributed by atoms with Crippen molar-refractivity contribution in [2.75, 3.05) is 7.11 Å².